The van der Waals surface area contributed by atoms with Crippen molar-refractivity contribution in [2.75, 3.05) is 20.3 Å². The van der Waals surface area contributed by atoms with Gasteiger partial charge in [0.05, 0.1) is 39.8 Å². The summed E-state index contributed by atoms with van der Waals surface area (Å²) in [4.78, 5) is 38.0. The second-order valence-electron chi connectivity index (χ2n) is 7.30. The lowest BCUT2D eigenvalue weighted by atomic mass is 10.1. The smallest absolute Gasteiger partial charge is 0.261 e. The highest BCUT2D eigenvalue weighted by Gasteiger charge is 2.17. The average Bonchev–Trinajstić information content (AvgIpc) is 3.52. The Morgan fingerprint density at radius 2 is 1.97 bits per heavy atom. The number of carbonyl (C=O) groups excluding carboxylic acids is 2. The molecule has 0 saturated heterocycles. The fourth-order valence-corrected chi connectivity index (χ4v) is 4.21. The predicted octanol–water partition coefficient (Wildman–Crippen LogP) is 2.44. The highest BCUT2D eigenvalue weighted by Crippen LogP contribution is 2.21. The molecule has 0 unspecified atom stereocenters. The second-order valence-corrected chi connectivity index (χ2v) is 9.01. The minimum absolute atomic E-state index is 0.140. The SMILES string of the molecule is COCCNC(=O)c1cc(-n2ccccc2=O)ccc1-n1cc(CNC(=O)c2ccc(Cl)s2)nn1. The van der Waals surface area contributed by atoms with Crippen LogP contribution in [0.1, 0.15) is 25.7 Å². The lowest BCUT2D eigenvalue weighted by Gasteiger charge is -2.13. The van der Waals surface area contributed by atoms with Crippen molar-refractivity contribution < 1.29 is 14.3 Å². The van der Waals surface area contributed by atoms with Gasteiger partial charge in [0, 0.05) is 31.6 Å². The molecule has 0 aliphatic carbocycles. The summed E-state index contributed by atoms with van der Waals surface area (Å²) >= 11 is 7.07. The van der Waals surface area contributed by atoms with Crippen LogP contribution in [0.2, 0.25) is 4.34 Å². The molecule has 0 atom stereocenters. The third-order valence-electron chi connectivity index (χ3n) is 4.93. The second kappa shape index (κ2) is 11.1. The van der Waals surface area contributed by atoms with Gasteiger partial charge in [0.15, 0.2) is 0 Å². The van der Waals surface area contributed by atoms with Gasteiger partial charge in [-0.2, -0.15) is 0 Å². The third-order valence-corrected chi connectivity index (χ3v) is 6.16. The molecule has 10 nitrogen and oxygen atoms in total. The van der Waals surface area contributed by atoms with Crippen molar-refractivity contribution in [2.45, 2.75) is 6.54 Å². The maximum absolute atomic E-state index is 13.0. The van der Waals surface area contributed by atoms with Crippen LogP contribution in [0.4, 0.5) is 0 Å². The molecule has 12 heteroatoms. The number of benzene rings is 1. The summed E-state index contributed by atoms with van der Waals surface area (Å²) in [7, 11) is 1.54. The van der Waals surface area contributed by atoms with Gasteiger partial charge in [-0.25, -0.2) is 4.68 Å². The number of pyridine rings is 1. The lowest BCUT2D eigenvalue weighted by Crippen LogP contribution is -2.28. The van der Waals surface area contributed by atoms with Crippen molar-refractivity contribution in [2.24, 2.45) is 0 Å². The van der Waals surface area contributed by atoms with E-state index >= 15 is 0 Å². The summed E-state index contributed by atoms with van der Waals surface area (Å²) in [5, 5.41) is 13.8. The van der Waals surface area contributed by atoms with Crippen LogP contribution in [-0.4, -0.2) is 51.6 Å². The van der Waals surface area contributed by atoms with E-state index in [1.54, 1.807) is 62.0 Å². The first-order chi connectivity index (χ1) is 17.0. The van der Waals surface area contributed by atoms with Gasteiger partial charge in [-0.05, 0) is 36.4 Å². The van der Waals surface area contributed by atoms with Crippen molar-refractivity contribution in [1.29, 1.82) is 0 Å². The number of methoxy groups -OCH3 is 1. The van der Waals surface area contributed by atoms with Crippen molar-refractivity contribution in [3.8, 4) is 11.4 Å². The van der Waals surface area contributed by atoms with E-state index in [1.807, 2.05) is 0 Å². The molecule has 0 spiro atoms. The fourth-order valence-electron chi connectivity index (χ4n) is 3.25. The first-order valence-electron chi connectivity index (χ1n) is 10.5. The number of nitrogens with one attached hydrogen (secondary N) is 2. The van der Waals surface area contributed by atoms with Crippen LogP contribution in [-0.2, 0) is 11.3 Å². The zero-order valence-electron chi connectivity index (χ0n) is 18.6. The standard InChI is InChI=1S/C23H21ClN6O4S/c1-34-11-9-25-22(32)17-12-16(29-10-3-2-4-21(29)31)5-6-18(17)30-14-15(27-28-30)13-26-23(33)19-7-8-20(24)35-19/h2-8,10,12,14H,9,11,13H2,1H3,(H,25,32)(H,26,33). The molecule has 4 aromatic rings. The molecule has 0 aliphatic rings. The van der Waals surface area contributed by atoms with Crippen LogP contribution in [0.3, 0.4) is 0 Å². The Morgan fingerprint density at radius 1 is 1.11 bits per heavy atom. The van der Waals surface area contributed by atoms with Crippen molar-refractivity contribution in [3.63, 3.8) is 0 Å². The van der Waals surface area contributed by atoms with Crippen molar-refractivity contribution >= 4 is 34.8 Å². The van der Waals surface area contributed by atoms with Gasteiger partial charge in [-0.1, -0.05) is 22.9 Å². The van der Waals surface area contributed by atoms with Gasteiger partial charge < -0.3 is 15.4 Å². The average molecular weight is 513 g/mol. The Labute approximate surface area is 209 Å². The normalized spacial score (nSPS) is 10.8. The molecule has 0 bridgehead atoms. The number of rotatable bonds is 9. The number of nitrogens with zero attached hydrogens (tertiary/aromatic N) is 4. The number of amides is 2. The fraction of sp³-hybridized carbons (Fsp3) is 0.174. The lowest BCUT2D eigenvalue weighted by molar-refractivity contribution is 0.0934. The van der Waals surface area contributed by atoms with Gasteiger partial charge in [0.2, 0.25) is 0 Å². The number of carbonyl (C=O) groups is 2. The molecule has 0 radical (unpaired) electrons. The molecule has 3 heterocycles. The van der Waals surface area contributed by atoms with Crippen LogP contribution >= 0.6 is 22.9 Å². The van der Waals surface area contributed by atoms with Crippen LogP contribution in [0.5, 0.6) is 0 Å². The van der Waals surface area contributed by atoms with Gasteiger partial charge in [-0.15, -0.1) is 16.4 Å². The van der Waals surface area contributed by atoms with Crippen LogP contribution in [0.25, 0.3) is 11.4 Å². The molecule has 4 rings (SSSR count). The van der Waals surface area contributed by atoms with E-state index < -0.39 is 0 Å². The summed E-state index contributed by atoms with van der Waals surface area (Å²) in [6.07, 6.45) is 3.25. The third kappa shape index (κ3) is 5.83. The van der Waals surface area contributed by atoms with Gasteiger partial charge in [0.25, 0.3) is 17.4 Å². The number of thiophene rings is 1. The number of hydrogen-bond donors (Lipinski definition) is 2. The Bertz CT molecular complexity index is 1410. The zero-order valence-corrected chi connectivity index (χ0v) is 20.2. The highest BCUT2D eigenvalue weighted by molar-refractivity contribution is 7.17. The molecular formula is C23H21ClN6O4S. The van der Waals surface area contributed by atoms with Crippen LogP contribution < -0.4 is 16.2 Å². The molecule has 3 aromatic heterocycles. The van der Waals surface area contributed by atoms with Gasteiger partial charge in [0.1, 0.15) is 5.69 Å². The molecule has 180 valence electrons. The Balaban J connectivity index is 1.60. The Kier molecular flexibility index (Phi) is 7.70. The molecule has 1 aromatic carbocycles. The number of ether oxygens (including phenoxy) is 1. The van der Waals surface area contributed by atoms with E-state index in [9.17, 15) is 14.4 Å². The minimum atomic E-state index is -0.359. The van der Waals surface area contributed by atoms with Gasteiger partial charge >= 0.3 is 0 Å². The summed E-state index contributed by atoms with van der Waals surface area (Å²) in [6.45, 7) is 0.800. The van der Waals surface area contributed by atoms with Crippen molar-refractivity contribution in [3.05, 3.63) is 91.7 Å². The molecule has 0 aliphatic heterocycles. The monoisotopic (exact) mass is 512 g/mol. The maximum atomic E-state index is 13.0. The van der Waals surface area contributed by atoms with E-state index in [2.05, 4.69) is 20.9 Å². The zero-order chi connectivity index (χ0) is 24.8. The van der Waals surface area contributed by atoms with E-state index in [-0.39, 0.29) is 23.9 Å². The first-order valence-corrected chi connectivity index (χ1v) is 11.7. The van der Waals surface area contributed by atoms with Gasteiger partial charge in [-0.3, -0.25) is 19.0 Å². The molecule has 0 fully saturated rings. The summed E-state index contributed by atoms with van der Waals surface area (Å²) in [6, 6.07) is 13.1. The van der Waals surface area contributed by atoms with Crippen LogP contribution in [0, 0.1) is 0 Å². The highest BCUT2D eigenvalue weighted by atomic mass is 35.5. The molecule has 2 N–H and O–H groups in total. The number of hydrogen-bond acceptors (Lipinski definition) is 7. The van der Waals surface area contributed by atoms with Crippen LogP contribution in [0.15, 0.2) is 65.7 Å². The van der Waals surface area contributed by atoms with E-state index in [4.69, 9.17) is 16.3 Å². The molecule has 35 heavy (non-hydrogen) atoms. The van der Waals surface area contributed by atoms with E-state index in [0.717, 1.165) is 0 Å². The summed E-state index contributed by atoms with van der Waals surface area (Å²) < 4.78 is 8.42. The largest absolute Gasteiger partial charge is 0.383 e. The Morgan fingerprint density at radius 3 is 2.71 bits per heavy atom. The Hall–Kier alpha value is -3.80. The quantitative estimate of drug-likeness (QED) is 0.332. The van der Waals surface area contributed by atoms with Crippen molar-refractivity contribution in [1.82, 2.24) is 30.2 Å². The number of aromatic nitrogens is 4. The predicted molar refractivity (Wildman–Crippen MR) is 132 cm³/mol. The molecule has 0 saturated carbocycles. The topological polar surface area (TPSA) is 120 Å². The summed E-state index contributed by atoms with van der Waals surface area (Å²) in [5.41, 5.74) is 1.55. The molecular weight excluding hydrogens is 492 g/mol. The maximum Gasteiger partial charge on any atom is 0.261 e. The number of halogens is 1. The van der Waals surface area contributed by atoms with E-state index in [0.29, 0.717) is 45.0 Å². The molecule has 2 amide bonds. The summed E-state index contributed by atoms with van der Waals surface area (Å²) in [5.74, 6) is -0.630. The first kappa shape index (κ1) is 24.3. The van der Waals surface area contributed by atoms with E-state index in [1.165, 1.54) is 26.7 Å². The minimum Gasteiger partial charge on any atom is -0.383 e.